The van der Waals surface area contributed by atoms with E-state index in [1.165, 1.54) is 5.39 Å². The van der Waals surface area contributed by atoms with Gasteiger partial charge in [0.1, 0.15) is 0 Å². The Kier molecular flexibility index (Phi) is 7.41. The lowest BCUT2D eigenvalue weighted by Crippen LogP contribution is -2.00. The average molecular weight is 640 g/mol. The first kappa shape index (κ1) is 29.3. The molecular formula is C45H29N5. The Labute approximate surface area is 289 Å². The van der Waals surface area contributed by atoms with Crippen LogP contribution in [0, 0.1) is 0 Å². The van der Waals surface area contributed by atoms with E-state index in [1.807, 2.05) is 72.9 Å². The Morgan fingerprint density at radius 2 is 0.780 bits per heavy atom. The summed E-state index contributed by atoms with van der Waals surface area (Å²) in [6.07, 6.45) is 1.94. The Morgan fingerprint density at radius 3 is 1.40 bits per heavy atom. The highest BCUT2D eigenvalue weighted by Gasteiger charge is 2.14. The van der Waals surface area contributed by atoms with Gasteiger partial charge in [-0.1, -0.05) is 146 Å². The van der Waals surface area contributed by atoms with E-state index in [1.54, 1.807) is 0 Å². The lowest BCUT2D eigenvalue weighted by atomic mass is 9.98. The second-order valence-corrected chi connectivity index (χ2v) is 12.2. The molecule has 0 N–H and O–H groups in total. The molecule has 0 saturated heterocycles. The number of rotatable bonds is 6. The van der Waals surface area contributed by atoms with Crippen LogP contribution in [-0.2, 0) is 0 Å². The summed E-state index contributed by atoms with van der Waals surface area (Å²) < 4.78 is 0. The molecule has 3 aromatic heterocycles. The van der Waals surface area contributed by atoms with Gasteiger partial charge in [0, 0.05) is 39.2 Å². The smallest absolute Gasteiger partial charge is 0.164 e. The predicted octanol–water partition coefficient (Wildman–Crippen LogP) is 11.0. The van der Waals surface area contributed by atoms with Crippen molar-refractivity contribution in [1.82, 2.24) is 24.9 Å². The van der Waals surface area contributed by atoms with E-state index >= 15 is 0 Å². The minimum atomic E-state index is 0.630. The number of hydrogen-bond acceptors (Lipinski definition) is 5. The largest absolute Gasteiger partial charge is 0.254 e. The summed E-state index contributed by atoms with van der Waals surface area (Å²) in [6, 6.07) is 57.9. The van der Waals surface area contributed by atoms with Crippen molar-refractivity contribution in [2.45, 2.75) is 0 Å². The Morgan fingerprint density at radius 1 is 0.300 bits per heavy atom. The van der Waals surface area contributed by atoms with Crippen LogP contribution in [0.25, 0.3) is 89.5 Å². The molecule has 0 fully saturated rings. The maximum Gasteiger partial charge on any atom is 0.164 e. The third kappa shape index (κ3) is 5.57. The monoisotopic (exact) mass is 639 g/mol. The fourth-order valence-electron chi connectivity index (χ4n) is 6.46. The van der Waals surface area contributed by atoms with E-state index in [0.29, 0.717) is 17.5 Å². The lowest BCUT2D eigenvalue weighted by Gasteiger charge is -2.11. The van der Waals surface area contributed by atoms with Crippen molar-refractivity contribution in [3.63, 3.8) is 0 Å². The van der Waals surface area contributed by atoms with Gasteiger partial charge in [-0.05, 0) is 46.3 Å². The van der Waals surface area contributed by atoms with Gasteiger partial charge in [0.25, 0.3) is 0 Å². The van der Waals surface area contributed by atoms with Crippen LogP contribution >= 0.6 is 0 Å². The van der Waals surface area contributed by atoms with E-state index in [-0.39, 0.29) is 0 Å². The molecule has 0 aliphatic rings. The van der Waals surface area contributed by atoms with Gasteiger partial charge in [-0.2, -0.15) is 0 Å². The molecule has 5 heteroatoms. The van der Waals surface area contributed by atoms with E-state index in [4.69, 9.17) is 24.9 Å². The van der Waals surface area contributed by atoms with Crippen molar-refractivity contribution in [2.24, 2.45) is 0 Å². The molecule has 0 spiro atoms. The minimum absolute atomic E-state index is 0.630. The summed E-state index contributed by atoms with van der Waals surface area (Å²) in [5.41, 5.74) is 9.80. The van der Waals surface area contributed by atoms with Crippen LogP contribution in [0.1, 0.15) is 0 Å². The summed E-state index contributed by atoms with van der Waals surface area (Å²) in [5, 5.41) is 3.42. The molecule has 5 nitrogen and oxygen atoms in total. The fraction of sp³-hybridized carbons (Fsp3) is 0. The standard InChI is InChI=1S/C45H29N5/c1-3-13-30(14-4-1)43-48-44(31-15-5-2-6-16-31)50-45(49-43)35-20-12-18-33(28-35)32-17-11-19-34(27-32)36-25-26-41(46-29-36)42-39-23-8-7-21-37(39)38-22-9-10-24-40(38)47-42/h1-29H. The third-order valence-corrected chi connectivity index (χ3v) is 8.96. The molecule has 3 heterocycles. The zero-order valence-corrected chi connectivity index (χ0v) is 27.0. The maximum atomic E-state index is 5.03. The Balaban J connectivity index is 1.06. The van der Waals surface area contributed by atoms with Crippen LogP contribution < -0.4 is 0 Å². The molecule has 0 aliphatic heterocycles. The van der Waals surface area contributed by atoms with Gasteiger partial charge in [-0.25, -0.2) is 19.9 Å². The van der Waals surface area contributed by atoms with Crippen LogP contribution in [-0.4, -0.2) is 24.9 Å². The molecule has 0 atom stereocenters. The predicted molar refractivity (Wildman–Crippen MR) is 203 cm³/mol. The van der Waals surface area contributed by atoms with Crippen LogP contribution in [0.4, 0.5) is 0 Å². The fourth-order valence-corrected chi connectivity index (χ4v) is 6.46. The average Bonchev–Trinajstić information content (AvgIpc) is 3.21. The van der Waals surface area contributed by atoms with Crippen molar-refractivity contribution in [3.8, 4) is 67.8 Å². The number of para-hydroxylation sites is 1. The molecule has 6 aromatic carbocycles. The first-order valence-electron chi connectivity index (χ1n) is 16.6. The first-order chi connectivity index (χ1) is 24.8. The second-order valence-electron chi connectivity index (χ2n) is 12.2. The van der Waals surface area contributed by atoms with Crippen LogP contribution in [0.15, 0.2) is 176 Å². The van der Waals surface area contributed by atoms with Gasteiger partial charge >= 0.3 is 0 Å². The highest BCUT2D eigenvalue weighted by molar-refractivity contribution is 6.10. The SMILES string of the molecule is c1ccc(-c2nc(-c3ccccc3)nc(-c3cccc(-c4cccc(-c5ccc(-c6nc7ccccc7c7ccccc67)nc5)c4)c3)n2)cc1. The second kappa shape index (κ2) is 12.6. The summed E-state index contributed by atoms with van der Waals surface area (Å²) in [7, 11) is 0. The molecule has 9 rings (SSSR count). The summed E-state index contributed by atoms with van der Waals surface area (Å²) in [4.78, 5) is 24.7. The minimum Gasteiger partial charge on any atom is -0.254 e. The van der Waals surface area contributed by atoms with Crippen molar-refractivity contribution >= 4 is 21.7 Å². The van der Waals surface area contributed by atoms with Crippen molar-refractivity contribution in [3.05, 3.63) is 176 Å². The summed E-state index contributed by atoms with van der Waals surface area (Å²) in [5.74, 6) is 1.92. The molecule has 0 saturated carbocycles. The highest BCUT2D eigenvalue weighted by Crippen LogP contribution is 2.34. The lowest BCUT2D eigenvalue weighted by molar-refractivity contribution is 1.07. The highest BCUT2D eigenvalue weighted by atomic mass is 15.0. The zero-order valence-electron chi connectivity index (χ0n) is 27.0. The van der Waals surface area contributed by atoms with E-state index in [0.717, 1.165) is 66.6 Å². The topological polar surface area (TPSA) is 64.5 Å². The van der Waals surface area contributed by atoms with Crippen molar-refractivity contribution in [1.29, 1.82) is 0 Å². The van der Waals surface area contributed by atoms with Gasteiger partial charge in [0.15, 0.2) is 17.5 Å². The van der Waals surface area contributed by atoms with Gasteiger partial charge in [0.05, 0.1) is 16.9 Å². The number of aromatic nitrogens is 5. The summed E-state index contributed by atoms with van der Waals surface area (Å²) >= 11 is 0. The molecular weight excluding hydrogens is 611 g/mol. The zero-order chi connectivity index (χ0) is 33.3. The van der Waals surface area contributed by atoms with Crippen LogP contribution in [0.5, 0.6) is 0 Å². The normalized spacial score (nSPS) is 11.2. The third-order valence-electron chi connectivity index (χ3n) is 8.96. The molecule has 234 valence electrons. The number of fused-ring (bicyclic) bond motifs is 3. The van der Waals surface area contributed by atoms with Crippen molar-refractivity contribution in [2.75, 3.05) is 0 Å². The Hall–Kier alpha value is -6.85. The molecule has 9 aromatic rings. The molecule has 0 unspecified atom stereocenters. The van der Waals surface area contributed by atoms with E-state index < -0.39 is 0 Å². The summed E-state index contributed by atoms with van der Waals surface area (Å²) in [6.45, 7) is 0. The quantitative estimate of drug-likeness (QED) is 0.169. The first-order valence-corrected chi connectivity index (χ1v) is 16.6. The molecule has 50 heavy (non-hydrogen) atoms. The number of nitrogens with zero attached hydrogens (tertiary/aromatic N) is 5. The van der Waals surface area contributed by atoms with Crippen molar-refractivity contribution < 1.29 is 0 Å². The Bertz CT molecular complexity index is 2580. The number of hydrogen-bond donors (Lipinski definition) is 0. The van der Waals surface area contributed by atoms with E-state index in [2.05, 4.69) is 103 Å². The maximum absolute atomic E-state index is 5.03. The number of benzene rings is 6. The van der Waals surface area contributed by atoms with E-state index in [9.17, 15) is 0 Å². The van der Waals surface area contributed by atoms with Gasteiger partial charge < -0.3 is 0 Å². The number of pyridine rings is 2. The molecule has 0 aliphatic carbocycles. The van der Waals surface area contributed by atoms with Crippen LogP contribution in [0.3, 0.4) is 0 Å². The van der Waals surface area contributed by atoms with Gasteiger partial charge in [-0.3, -0.25) is 4.98 Å². The molecule has 0 amide bonds. The molecule has 0 bridgehead atoms. The van der Waals surface area contributed by atoms with Gasteiger partial charge in [-0.15, -0.1) is 0 Å². The molecule has 0 radical (unpaired) electrons. The van der Waals surface area contributed by atoms with Crippen LogP contribution in [0.2, 0.25) is 0 Å². The van der Waals surface area contributed by atoms with Gasteiger partial charge in [0.2, 0.25) is 0 Å².